The summed E-state index contributed by atoms with van der Waals surface area (Å²) in [6.45, 7) is 2.10. The number of hydrogen-bond donors (Lipinski definition) is 3. The van der Waals surface area contributed by atoms with Crippen LogP contribution in [0.1, 0.15) is 16.5 Å². The number of amides is 2. The Morgan fingerprint density at radius 3 is 2.86 bits per heavy atom. The second-order valence-electron chi connectivity index (χ2n) is 4.54. The number of rotatable bonds is 5. The lowest BCUT2D eigenvalue weighted by Gasteiger charge is -2.13. The van der Waals surface area contributed by atoms with Crippen molar-refractivity contribution < 1.29 is 14.6 Å². The molecule has 21 heavy (non-hydrogen) atoms. The second-order valence-corrected chi connectivity index (χ2v) is 5.83. The van der Waals surface area contributed by atoms with E-state index >= 15 is 0 Å². The zero-order valence-corrected chi connectivity index (χ0v) is 12.7. The number of urea groups is 1. The van der Waals surface area contributed by atoms with Crippen molar-refractivity contribution in [1.29, 1.82) is 0 Å². The quantitative estimate of drug-likeness (QED) is 0.795. The summed E-state index contributed by atoms with van der Waals surface area (Å²) in [5.41, 5.74) is 0.696. The molecule has 0 aliphatic rings. The molecule has 6 heteroatoms. The molecule has 2 rings (SSSR count). The number of aliphatic hydroxyl groups is 1. The molecule has 0 radical (unpaired) electrons. The van der Waals surface area contributed by atoms with E-state index in [1.807, 2.05) is 19.1 Å². The standard InChI is InChI=1S/C15H18N2O3S/c1-10-6-7-14(21-10)17-15(19)16-9-13(18)11-4-3-5-12(8-11)20-2/h3-8,13,18H,9H2,1-2H3,(H2,16,17,19)/t13-/m0/s1. The lowest BCUT2D eigenvalue weighted by atomic mass is 10.1. The van der Waals surface area contributed by atoms with Crippen molar-refractivity contribution in [3.8, 4) is 5.75 Å². The summed E-state index contributed by atoms with van der Waals surface area (Å²) in [6, 6.07) is 10.6. The van der Waals surface area contributed by atoms with E-state index in [4.69, 9.17) is 4.74 Å². The molecule has 1 atom stereocenters. The van der Waals surface area contributed by atoms with E-state index < -0.39 is 6.10 Å². The van der Waals surface area contributed by atoms with Crippen molar-refractivity contribution in [3.05, 3.63) is 46.8 Å². The van der Waals surface area contributed by atoms with E-state index in [2.05, 4.69) is 10.6 Å². The highest BCUT2D eigenvalue weighted by Crippen LogP contribution is 2.21. The number of thiophene rings is 1. The molecule has 1 heterocycles. The SMILES string of the molecule is COc1cccc([C@@H](O)CNC(=O)Nc2ccc(C)s2)c1. The minimum Gasteiger partial charge on any atom is -0.497 e. The van der Waals surface area contributed by atoms with Gasteiger partial charge in [-0.15, -0.1) is 11.3 Å². The van der Waals surface area contributed by atoms with Crippen LogP contribution in [0.25, 0.3) is 0 Å². The molecule has 1 aromatic carbocycles. The van der Waals surface area contributed by atoms with Crippen molar-refractivity contribution in [1.82, 2.24) is 5.32 Å². The molecule has 0 bridgehead atoms. The Balaban J connectivity index is 1.85. The van der Waals surface area contributed by atoms with E-state index in [1.165, 1.54) is 11.3 Å². The third-order valence-electron chi connectivity index (χ3n) is 2.91. The fourth-order valence-electron chi connectivity index (χ4n) is 1.81. The highest BCUT2D eigenvalue weighted by Gasteiger charge is 2.10. The molecule has 2 amide bonds. The van der Waals surface area contributed by atoms with E-state index in [1.54, 1.807) is 31.4 Å². The maximum atomic E-state index is 11.7. The van der Waals surface area contributed by atoms with Gasteiger partial charge in [-0.25, -0.2) is 4.79 Å². The molecule has 0 aliphatic heterocycles. The number of aryl methyl sites for hydroxylation is 1. The van der Waals surface area contributed by atoms with E-state index in [0.29, 0.717) is 11.3 Å². The number of hydrogen-bond acceptors (Lipinski definition) is 4. The Bertz CT molecular complexity index is 612. The van der Waals surface area contributed by atoms with Gasteiger partial charge in [0.15, 0.2) is 0 Å². The number of carbonyl (C=O) groups is 1. The van der Waals surface area contributed by atoms with Gasteiger partial charge in [0.1, 0.15) is 5.75 Å². The Labute approximate surface area is 127 Å². The summed E-state index contributed by atoms with van der Waals surface area (Å²) >= 11 is 1.50. The lowest BCUT2D eigenvalue weighted by molar-refractivity contribution is 0.175. The molecule has 0 saturated carbocycles. The van der Waals surface area contributed by atoms with Crippen LogP contribution in [-0.4, -0.2) is 24.8 Å². The van der Waals surface area contributed by atoms with Crippen LogP contribution < -0.4 is 15.4 Å². The third kappa shape index (κ3) is 4.47. The van der Waals surface area contributed by atoms with Crippen LogP contribution in [0.3, 0.4) is 0 Å². The molecule has 3 N–H and O–H groups in total. The largest absolute Gasteiger partial charge is 0.497 e. The average molecular weight is 306 g/mol. The zero-order valence-electron chi connectivity index (χ0n) is 11.9. The van der Waals surface area contributed by atoms with Gasteiger partial charge in [0.2, 0.25) is 0 Å². The third-order valence-corrected chi connectivity index (χ3v) is 3.83. The Morgan fingerprint density at radius 1 is 1.38 bits per heavy atom. The molecule has 0 unspecified atom stereocenters. The topological polar surface area (TPSA) is 70.6 Å². The van der Waals surface area contributed by atoms with Gasteiger partial charge < -0.3 is 15.2 Å². The van der Waals surface area contributed by atoms with Crippen LogP contribution in [0.15, 0.2) is 36.4 Å². The van der Waals surface area contributed by atoms with E-state index in [0.717, 1.165) is 9.88 Å². The molecular weight excluding hydrogens is 288 g/mol. The number of anilines is 1. The Morgan fingerprint density at radius 2 is 2.19 bits per heavy atom. The smallest absolute Gasteiger partial charge is 0.319 e. The second kappa shape index (κ2) is 7.10. The van der Waals surface area contributed by atoms with Gasteiger partial charge in [-0.2, -0.15) is 0 Å². The van der Waals surface area contributed by atoms with Crippen LogP contribution in [0, 0.1) is 6.92 Å². The van der Waals surface area contributed by atoms with Crippen molar-refractivity contribution in [2.75, 3.05) is 19.0 Å². The van der Waals surface area contributed by atoms with Crippen LogP contribution >= 0.6 is 11.3 Å². The maximum absolute atomic E-state index is 11.7. The minimum atomic E-state index is -0.782. The predicted molar refractivity (Wildman–Crippen MR) is 84.0 cm³/mol. The molecule has 2 aromatic rings. The van der Waals surface area contributed by atoms with Crippen LogP contribution in [0.2, 0.25) is 0 Å². The van der Waals surface area contributed by atoms with Crippen LogP contribution in [-0.2, 0) is 0 Å². The van der Waals surface area contributed by atoms with Gasteiger partial charge in [0.05, 0.1) is 18.2 Å². The summed E-state index contributed by atoms with van der Waals surface area (Å²) in [4.78, 5) is 12.9. The van der Waals surface area contributed by atoms with Gasteiger partial charge in [0.25, 0.3) is 0 Å². The van der Waals surface area contributed by atoms with Crippen LogP contribution in [0.5, 0.6) is 5.75 Å². The van der Waals surface area contributed by atoms with Crippen LogP contribution in [0.4, 0.5) is 9.80 Å². The molecule has 0 fully saturated rings. The highest BCUT2D eigenvalue weighted by atomic mass is 32.1. The molecule has 112 valence electrons. The molecular formula is C15H18N2O3S. The summed E-state index contributed by atoms with van der Waals surface area (Å²) in [6.07, 6.45) is -0.782. The predicted octanol–water partition coefficient (Wildman–Crippen LogP) is 2.92. The highest BCUT2D eigenvalue weighted by molar-refractivity contribution is 7.16. The van der Waals surface area contributed by atoms with Gasteiger partial charge in [-0.3, -0.25) is 5.32 Å². The van der Waals surface area contributed by atoms with Crippen molar-refractivity contribution in [2.24, 2.45) is 0 Å². The number of benzene rings is 1. The molecule has 1 aromatic heterocycles. The van der Waals surface area contributed by atoms with Gasteiger partial charge in [-0.1, -0.05) is 12.1 Å². The van der Waals surface area contributed by atoms with E-state index in [9.17, 15) is 9.90 Å². The average Bonchev–Trinajstić information content (AvgIpc) is 2.90. The first kappa shape index (κ1) is 15.3. The van der Waals surface area contributed by atoms with Gasteiger partial charge >= 0.3 is 6.03 Å². The minimum absolute atomic E-state index is 0.128. The first-order chi connectivity index (χ1) is 10.1. The number of nitrogens with one attached hydrogen (secondary N) is 2. The summed E-state index contributed by atoms with van der Waals surface area (Å²) < 4.78 is 5.10. The Hall–Kier alpha value is -2.05. The van der Waals surface area contributed by atoms with Gasteiger partial charge in [0, 0.05) is 11.4 Å². The monoisotopic (exact) mass is 306 g/mol. The normalized spacial score (nSPS) is 11.8. The summed E-state index contributed by atoms with van der Waals surface area (Å²) in [7, 11) is 1.57. The number of methoxy groups -OCH3 is 1. The Kier molecular flexibility index (Phi) is 5.19. The number of ether oxygens (including phenoxy) is 1. The summed E-state index contributed by atoms with van der Waals surface area (Å²) in [5, 5.41) is 16.2. The fraction of sp³-hybridized carbons (Fsp3) is 0.267. The first-order valence-corrected chi connectivity index (χ1v) is 7.33. The first-order valence-electron chi connectivity index (χ1n) is 6.52. The molecule has 0 saturated heterocycles. The van der Waals surface area contributed by atoms with Gasteiger partial charge in [-0.05, 0) is 36.8 Å². The van der Waals surface area contributed by atoms with Crippen molar-refractivity contribution in [2.45, 2.75) is 13.0 Å². The van der Waals surface area contributed by atoms with E-state index in [-0.39, 0.29) is 12.6 Å². The maximum Gasteiger partial charge on any atom is 0.319 e. The fourth-order valence-corrected chi connectivity index (χ4v) is 2.58. The zero-order chi connectivity index (χ0) is 15.2. The lowest BCUT2D eigenvalue weighted by Crippen LogP contribution is -2.32. The molecule has 0 aliphatic carbocycles. The summed E-state index contributed by atoms with van der Waals surface area (Å²) in [5.74, 6) is 0.671. The van der Waals surface area contributed by atoms with Crippen molar-refractivity contribution >= 4 is 22.4 Å². The van der Waals surface area contributed by atoms with Crippen molar-refractivity contribution in [3.63, 3.8) is 0 Å². The molecule has 5 nitrogen and oxygen atoms in total. The number of aliphatic hydroxyl groups excluding tert-OH is 1. The number of carbonyl (C=O) groups excluding carboxylic acids is 1. The molecule has 0 spiro atoms.